The Kier molecular flexibility index (Phi) is 14.4. The molecule has 0 bridgehead atoms. The van der Waals surface area contributed by atoms with E-state index >= 15 is 0 Å². The Bertz CT molecular complexity index is 286. The molecule has 23 heavy (non-hydrogen) atoms. The van der Waals surface area contributed by atoms with Crippen molar-refractivity contribution in [3.63, 3.8) is 0 Å². The Morgan fingerprint density at radius 2 is 1.57 bits per heavy atom. The molecule has 0 aliphatic heterocycles. The van der Waals surface area contributed by atoms with Crippen molar-refractivity contribution < 1.29 is 33.6 Å². The van der Waals surface area contributed by atoms with Gasteiger partial charge < -0.3 is 28.8 Å². The van der Waals surface area contributed by atoms with Gasteiger partial charge in [0.25, 0.3) is 0 Å². The molecular weight excluding hydrogens is 304 g/mol. The molecule has 3 unspecified atom stereocenters. The molecular formula is C16H32O7. The van der Waals surface area contributed by atoms with Crippen LogP contribution in [0.15, 0.2) is 0 Å². The van der Waals surface area contributed by atoms with Crippen LogP contribution in [0.1, 0.15) is 27.2 Å². The molecule has 0 aromatic heterocycles. The number of ether oxygens (including phenoxy) is 5. The molecule has 0 amide bonds. The minimum Gasteiger partial charge on any atom is -0.481 e. The minimum atomic E-state index is -0.886. The van der Waals surface area contributed by atoms with Gasteiger partial charge in [-0.05, 0) is 13.8 Å². The Morgan fingerprint density at radius 1 is 0.957 bits per heavy atom. The van der Waals surface area contributed by atoms with Crippen LogP contribution in [0.5, 0.6) is 0 Å². The third kappa shape index (κ3) is 12.4. The fourth-order valence-electron chi connectivity index (χ4n) is 1.96. The monoisotopic (exact) mass is 336 g/mol. The van der Waals surface area contributed by atoms with E-state index in [-0.39, 0.29) is 18.4 Å². The van der Waals surface area contributed by atoms with Crippen molar-refractivity contribution in [3.8, 4) is 0 Å². The van der Waals surface area contributed by atoms with Gasteiger partial charge in [0.1, 0.15) is 0 Å². The Hall–Kier alpha value is -0.730. The molecule has 3 atom stereocenters. The number of methoxy groups -OCH3 is 1. The lowest BCUT2D eigenvalue weighted by Gasteiger charge is -2.28. The molecule has 138 valence electrons. The van der Waals surface area contributed by atoms with Crippen LogP contribution >= 0.6 is 0 Å². The van der Waals surface area contributed by atoms with Gasteiger partial charge in [0.2, 0.25) is 0 Å². The van der Waals surface area contributed by atoms with E-state index in [4.69, 9.17) is 28.8 Å². The highest BCUT2D eigenvalue weighted by Crippen LogP contribution is 2.18. The molecule has 0 aliphatic rings. The second-order valence-corrected chi connectivity index (χ2v) is 5.24. The molecule has 0 aromatic carbocycles. The van der Waals surface area contributed by atoms with Crippen LogP contribution in [0.3, 0.4) is 0 Å². The maximum absolute atomic E-state index is 11.0. The molecule has 1 N–H and O–H groups in total. The molecule has 7 nitrogen and oxygen atoms in total. The van der Waals surface area contributed by atoms with Gasteiger partial charge in [-0.1, -0.05) is 6.92 Å². The molecule has 7 heteroatoms. The lowest BCUT2D eigenvalue weighted by atomic mass is 9.96. The molecule has 0 aliphatic carbocycles. The van der Waals surface area contributed by atoms with Crippen molar-refractivity contribution in [1.82, 2.24) is 0 Å². The Labute approximate surface area is 139 Å². The van der Waals surface area contributed by atoms with Crippen LogP contribution in [0.25, 0.3) is 0 Å². The molecule has 0 spiro atoms. The van der Waals surface area contributed by atoms with Crippen molar-refractivity contribution in [1.29, 1.82) is 0 Å². The first-order chi connectivity index (χ1) is 11.0. The number of carboxylic acids is 1. The summed E-state index contributed by atoms with van der Waals surface area (Å²) >= 11 is 0. The van der Waals surface area contributed by atoms with E-state index in [2.05, 4.69) is 0 Å². The highest BCUT2D eigenvalue weighted by atomic mass is 16.6. The summed E-state index contributed by atoms with van der Waals surface area (Å²) in [7, 11) is 1.61. The van der Waals surface area contributed by atoms with E-state index in [1.54, 1.807) is 7.11 Å². The van der Waals surface area contributed by atoms with Gasteiger partial charge in [0.15, 0.2) is 0 Å². The predicted octanol–water partition coefficient (Wildman–Crippen LogP) is 1.59. The van der Waals surface area contributed by atoms with E-state index in [9.17, 15) is 4.79 Å². The number of hydrogen-bond donors (Lipinski definition) is 1. The van der Waals surface area contributed by atoms with Crippen LogP contribution in [0.2, 0.25) is 0 Å². The lowest BCUT2D eigenvalue weighted by Crippen LogP contribution is -2.35. The smallest absolute Gasteiger partial charge is 0.305 e. The standard InChI is InChI=1S/C16H32O7/c1-5-20-7-8-21-9-11-23-15(12-16(17)18)13(2)14(3)22-10-6-19-4/h13-15H,5-12H2,1-4H3,(H,17,18). The van der Waals surface area contributed by atoms with Crippen molar-refractivity contribution in [2.45, 2.75) is 39.4 Å². The van der Waals surface area contributed by atoms with Gasteiger partial charge >= 0.3 is 5.97 Å². The summed E-state index contributed by atoms with van der Waals surface area (Å²) < 4.78 is 26.8. The second kappa shape index (κ2) is 14.8. The van der Waals surface area contributed by atoms with E-state index in [1.807, 2.05) is 20.8 Å². The van der Waals surface area contributed by atoms with Crippen LogP contribution in [0, 0.1) is 5.92 Å². The fourth-order valence-corrected chi connectivity index (χ4v) is 1.96. The van der Waals surface area contributed by atoms with Crippen molar-refractivity contribution in [3.05, 3.63) is 0 Å². The van der Waals surface area contributed by atoms with Crippen molar-refractivity contribution in [2.75, 3.05) is 53.4 Å². The van der Waals surface area contributed by atoms with E-state index in [0.29, 0.717) is 46.2 Å². The number of carbonyl (C=O) groups is 1. The van der Waals surface area contributed by atoms with Crippen molar-refractivity contribution >= 4 is 5.97 Å². The zero-order valence-electron chi connectivity index (χ0n) is 14.8. The van der Waals surface area contributed by atoms with Gasteiger partial charge in [-0.2, -0.15) is 0 Å². The first-order valence-electron chi connectivity index (χ1n) is 8.12. The van der Waals surface area contributed by atoms with Gasteiger partial charge in [0, 0.05) is 19.6 Å². The summed E-state index contributed by atoms with van der Waals surface area (Å²) in [5.41, 5.74) is 0. The maximum atomic E-state index is 11.0. The quantitative estimate of drug-likeness (QED) is 0.428. The van der Waals surface area contributed by atoms with Crippen molar-refractivity contribution in [2.24, 2.45) is 5.92 Å². The third-order valence-electron chi connectivity index (χ3n) is 3.51. The first kappa shape index (κ1) is 22.3. The molecule has 0 rings (SSSR count). The average Bonchev–Trinajstić information content (AvgIpc) is 2.52. The second-order valence-electron chi connectivity index (χ2n) is 5.24. The van der Waals surface area contributed by atoms with Gasteiger partial charge in [-0.3, -0.25) is 4.79 Å². The fraction of sp³-hybridized carbons (Fsp3) is 0.938. The summed E-state index contributed by atoms with van der Waals surface area (Å²) in [6.07, 6.45) is -0.591. The van der Waals surface area contributed by atoms with Crippen LogP contribution in [0.4, 0.5) is 0 Å². The zero-order valence-corrected chi connectivity index (χ0v) is 14.8. The number of aliphatic carboxylic acids is 1. The number of carboxylic acid groups (broad SMARTS) is 1. The SMILES string of the molecule is CCOCCOCCOC(CC(=O)O)C(C)C(C)OCCOC. The number of rotatable bonds is 16. The van der Waals surface area contributed by atoms with Crippen LogP contribution in [-0.2, 0) is 28.5 Å². The van der Waals surface area contributed by atoms with E-state index < -0.39 is 12.1 Å². The van der Waals surface area contributed by atoms with Crippen LogP contribution in [-0.4, -0.2) is 76.6 Å². The molecule has 0 radical (unpaired) electrons. The van der Waals surface area contributed by atoms with E-state index in [0.717, 1.165) is 0 Å². The zero-order chi connectivity index (χ0) is 17.5. The summed E-state index contributed by atoms with van der Waals surface area (Å²) in [5.74, 6) is -0.936. The molecule has 0 aromatic rings. The van der Waals surface area contributed by atoms with E-state index in [1.165, 1.54) is 0 Å². The Balaban J connectivity index is 4.10. The summed E-state index contributed by atoms with van der Waals surface area (Å²) in [4.78, 5) is 11.0. The highest BCUT2D eigenvalue weighted by Gasteiger charge is 2.26. The molecule has 0 saturated heterocycles. The van der Waals surface area contributed by atoms with Gasteiger partial charge in [-0.25, -0.2) is 0 Å². The topological polar surface area (TPSA) is 83.5 Å². The number of hydrogen-bond acceptors (Lipinski definition) is 6. The molecule has 0 saturated carbocycles. The first-order valence-corrected chi connectivity index (χ1v) is 8.12. The summed E-state index contributed by atoms with van der Waals surface area (Å²) in [6, 6.07) is 0. The summed E-state index contributed by atoms with van der Waals surface area (Å²) in [5, 5.41) is 9.04. The summed E-state index contributed by atoms with van der Waals surface area (Å²) in [6.45, 7) is 9.24. The predicted molar refractivity (Wildman–Crippen MR) is 85.8 cm³/mol. The Morgan fingerprint density at radius 3 is 2.17 bits per heavy atom. The molecule has 0 fully saturated rings. The largest absolute Gasteiger partial charge is 0.481 e. The van der Waals surface area contributed by atoms with Gasteiger partial charge in [-0.15, -0.1) is 0 Å². The highest BCUT2D eigenvalue weighted by molar-refractivity contribution is 5.67. The normalized spacial score (nSPS) is 15.3. The van der Waals surface area contributed by atoms with Crippen LogP contribution < -0.4 is 0 Å². The average molecular weight is 336 g/mol. The maximum Gasteiger partial charge on any atom is 0.305 e. The van der Waals surface area contributed by atoms with Gasteiger partial charge in [0.05, 0.1) is 58.3 Å². The molecule has 0 heterocycles. The minimum absolute atomic E-state index is 0.0496. The lowest BCUT2D eigenvalue weighted by molar-refractivity contribution is -0.143. The third-order valence-corrected chi connectivity index (χ3v) is 3.51.